The van der Waals surface area contributed by atoms with Crippen LogP contribution in [0.4, 0.5) is 11.4 Å². The predicted molar refractivity (Wildman–Crippen MR) is 122 cm³/mol. The Morgan fingerprint density at radius 3 is 2.58 bits per heavy atom. The molecule has 1 atom stereocenters. The van der Waals surface area contributed by atoms with Crippen LogP contribution in [-0.2, 0) is 22.6 Å². The smallest absolute Gasteiger partial charge is 0.259 e. The van der Waals surface area contributed by atoms with Crippen molar-refractivity contribution in [1.29, 1.82) is 0 Å². The Morgan fingerprint density at radius 2 is 1.81 bits per heavy atom. The number of carbonyl (C=O) groups is 2. The zero-order valence-corrected chi connectivity index (χ0v) is 17.8. The zero-order valence-electron chi connectivity index (χ0n) is 17.8. The molecule has 0 spiro atoms. The van der Waals surface area contributed by atoms with Crippen LogP contribution in [-0.4, -0.2) is 25.0 Å². The van der Waals surface area contributed by atoms with Gasteiger partial charge < -0.3 is 10.1 Å². The van der Waals surface area contributed by atoms with Crippen LogP contribution in [0.25, 0.3) is 0 Å². The molecule has 0 aliphatic carbocycles. The van der Waals surface area contributed by atoms with Gasteiger partial charge in [0.25, 0.3) is 5.91 Å². The normalized spacial score (nSPS) is 15.3. The van der Waals surface area contributed by atoms with E-state index in [1.54, 1.807) is 18.1 Å². The van der Waals surface area contributed by atoms with Gasteiger partial charge in [-0.3, -0.25) is 14.5 Å². The highest BCUT2D eigenvalue weighted by molar-refractivity contribution is 6.12. The molecule has 4 rings (SSSR count). The Labute approximate surface area is 182 Å². The maximum Gasteiger partial charge on any atom is 0.259 e. The Hall–Kier alpha value is -3.44. The van der Waals surface area contributed by atoms with Crippen molar-refractivity contribution in [2.24, 2.45) is 0 Å². The van der Waals surface area contributed by atoms with E-state index in [4.69, 9.17) is 4.74 Å². The van der Waals surface area contributed by atoms with Gasteiger partial charge in [0.1, 0.15) is 6.04 Å². The summed E-state index contributed by atoms with van der Waals surface area (Å²) in [7, 11) is 1.63. The summed E-state index contributed by atoms with van der Waals surface area (Å²) in [5.41, 5.74) is 5.17. The number of nitrogens with zero attached hydrogens (tertiary/aromatic N) is 1. The molecule has 1 aliphatic heterocycles. The van der Waals surface area contributed by atoms with Crippen LogP contribution in [0, 0.1) is 6.92 Å². The van der Waals surface area contributed by atoms with E-state index in [0.717, 1.165) is 34.5 Å². The fourth-order valence-electron chi connectivity index (χ4n) is 4.01. The quantitative estimate of drug-likeness (QED) is 0.656. The van der Waals surface area contributed by atoms with Gasteiger partial charge in [-0.2, -0.15) is 0 Å². The minimum atomic E-state index is -0.588. The molecule has 1 heterocycles. The second-order valence-electron chi connectivity index (χ2n) is 7.85. The molecule has 3 aromatic carbocycles. The third-order valence-corrected chi connectivity index (χ3v) is 5.58. The molecule has 1 N–H and O–H groups in total. The van der Waals surface area contributed by atoms with E-state index in [1.807, 2.05) is 73.7 Å². The maximum absolute atomic E-state index is 13.6. The third-order valence-electron chi connectivity index (χ3n) is 5.58. The topological polar surface area (TPSA) is 58.6 Å². The van der Waals surface area contributed by atoms with Crippen molar-refractivity contribution in [3.63, 3.8) is 0 Å². The number of aryl methyl sites for hydroxylation is 2. The molecule has 158 valence electrons. The number of para-hydroxylation sites is 1. The minimum Gasteiger partial charge on any atom is -0.380 e. The number of fused-ring (bicyclic) bond motifs is 1. The predicted octanol–water partition coefficient (Wildman–Crippen LogP) is 4.74. The van der Waals surface area contributed by atoms with Crippen molar-refractivity contribution in [3.8, 4) is 0 Å². The number of hydrogen-bond acceptors (Lipinski definition) is 3. The lowest BCUT2D eigenvalue weighted by Gasteiger charge is -2.36. The first-order valence-electron chi connectivity index (χ1n) is 10.4. The van der Waals surface area contributed by atoms with Gasteiger partial charge in [0.05, 0.1) is 6.61 Å². The molecule has 0 saturated heterocycles. The van der Waals surface area contributed by atoms with E-state index < -0.39 is 6.04 Å². The largest absolute Gasteiger partial charge is 0.380 e. The summed E-state index contributed by atoms with van der Waals surface area (Å²) >= 11 is 0. The van der Waals surface area contributed by atoms with E-state index in [-0.39, 0.29) is 11.8 Å². The number of amides is 2. The van der Waals surface area contributed by atoms with Gasteiger partial charge in [0.15, 0.2) is 0 Å². The van der Waals surface area contributed by atoms with Crippen molar-refractivity contribution in [2.75, 3.05) is 17.3 Å². The average Bonchev–Trinajstić information content (AvgIpc) is 2.79. The summed E-state index contributed by atoms with van der Waals surface area (Å²) in [5.74, 6) is -0.367. The summed E-state index contributed by atoms with van der Waals surface area (Å²) in [6.07, 6.45) is 1.31. The second kappa shape index (κ2) is 9.14. The molecule has 5 heteroatoms. The average molecular weight is 415 g/mol. The van der Waals surface area contributed by atoms with Crippen LogP contribution in [0.1, 0.15) is 33.5 Å². The van der Waals surface area contributed by atoms with E-state index in [2.05, 4.69) is 5.32 Å². The molecule has 1 aliphatic rings. The van der Waals surface area contributed by atoms with Gasteiger partial charge >= 0.3 is 0 Å². The summed E-state index contributed by atoms with van der Waals surface area (Å²) in [6, 6.07) is 22.3. The van der Waals surface area contributed by atoms with E-state index in [9.17, 15) is 9.59 Å². The highest BCUT2D eigenvalue weighted by atomic mass is 16.5. The van der Waals surface area contributed by atoms with Gasteiger partial charge in [-0.25, -0.2) is 0 Å². The molecule has 0 aromatic heterocycles. The lowest BCUT2D eigenvalue weighted by molar-refractivity contribution is -0.117. The van der Waals surface area contributed by atoms with Crippen LogP contribution in [0.15, 0.2) is 72.8 Å². The number of carbonyl (C=O) groups excluding carboxylic acids is 2. The molecular formula is C26H26N2O3. The molecule has 31 heavy (non-hydrogen) atoms. The van der Waals surface area contributed by atoms with Gasteiger partial charge in [-0.15, -0.1) is 0 Å². The molecule has 1 unspecified atom stereocenters. The van der Waals surface area contributed by atoms with Gasteiger partial charge in [0.2, 0.25) is 5.91 Å². The summed E-state index contributed by atoms with van der Waals surface area (Å²) in [6.45, 7) is 2.43. The van der Waals surface area contributed by atoms with Crippen LogP contribution in [0.5, 0.6) is 0 Å². The number of methoxy groups -OCH3 is 1. The zero-order chi connectivity index (χ0) is 21.8. The van der Waals surface area contributed by atoms with Crippen molar-refractivity contribution < 1.29 is 14.3 Å². The summed E-state index contributed by atoms with van der Waals surface area (Å²) < 4.78 is 5.21. The van der Waals surface area contributed by atoms with Crippen LogP contribution in [0.3, 0.4) is 0 Å². The lowest BCUT2D eigenvalue weighted by Crippen LogP contribution is -2.50. The number of benzene rings is 3. The van der Waals surface area contributed by atoms with Gasteiger partial charge in [0, 0.05) is 24.0 Å². The van der Waals surface area contributed by atoms with Crippen LogP contribution in [0.2, 0.25) is 0 Å². The van der Waals surface area contributed by atoms with E-state index in [0.29, 0.717) is 18.6 Å². The highest BCUT2D eigenvalue weighted by Crippen LogP contribution is 2.32. The summed E-state index contributed by atoms with van der Waals surface area (Å²) in [4.78, 5) is 28.5. The molecule has 0 fully saturated rings. The first kappa shape index (κ1) is 20.8. The number of hydrogen-bond donors (Lipinski definition) is 1. The molecule has 2 amide bonds. The SMILES string of the molecule is COCc1cccc(C(=O)N2c3ccccc3CCC2C(=O)Nc2ccc(C)cc2)c1. The lowest BCUT2D eigenvalue weighted by atomic mass is 9.94. The minimum absolute atomic E-state index is 0.181. The Kier molecular flexibility index (Phi) is 6.14. The first-order chi connectivity index (χ1) is 15.1. The molecule has 3 aromatic rings. The molecule has 5 nitrogen and oxygen atoms in total. The number of rotatable bonds is 5. The summed E-state index contributed by atoms with van der Waals surface area (Å²) in [5, 5.41) is 2.98. The van der Waals surface area contributed by atoms with E-state index >= 15 is 0 Å². The van der Waals surface area contributed by atoms with Crippen molar-refractivity contribution in [3.05, 3.63) is 95.1 Å². The number of anilines is 2. The molecular weight excluding hydrogens is 388 g/mol. The molecule has 0 saturated carbocycles. The highest BCUT2D eigenvalue weighted by Gasteiger charge is 2.36. The standard InChI is InChI=1S/C26H26N2O3/c1-18-10-13-22(14-11-18)27-25(29)24-15-12-20-7-3-4-9-23(20)28(24)26(30)21-8-5-6-19(16-21)17-31-2/h3-11,13-14,16,24H,12,15,17H2,1-2H3,(H,27,29). The number of ether oxygens (including phenoxy) is 1. The Bertz CT molecular complexity index is 1090. The first-order valence-corrected chi connectivity index (χ1v) is 10.4. The van der Waals surface area contributed by atoms with Crippen molar-refractivity contribution in [2.45, 2.75) is 32.4 Å². The van der Waals surface area contributed by atoms with Crippen molar-refractivity contribution in [1.82, 2.24) is 0 Å². The van der Waals surface area contributed by atoms with E-state index in [1.165, 1.54) is 0 Å². The van der Waals surface area contributed by atoms with Gasteiger partial charge in [-0.05, 0) is 61.2 Å². The molecule has 0 radical (unpaired) electrons. The second-order valence-corrected chi connectivity index (χ2v) is 7.85. The van der Waals surface area contributed by atoms with Crippen LogP contribution >= 0.6 is 0 Å². The fraction of sp³-hybridized carbons (Fsp3) is 0.231. The fourth-order valence-corrected chi connectivity index (χ4v) is 4.01. The number of nitrogens with one attached hydrogen (secondary N) is 1. The monoisotopic (exact) mass is 414 g/mol. The maximum atomic E-state index is 13.6. The Morgan fingerprint density at radius 1 is 1.03 bits per heavy atom. The van der Waals surface area contributed by atoms with Gasteiger partial charge in [-0.1, -0.05) is 48.0 Å². The van der Waals surface area contributed by atoms with Crippen LogP contribution < -0.4 is 10.2 Å². The Balaban J connectivity index is 1.67. The third kappa shape index (κ3) is 4.52. The molecule has 0 bridgehead atoms. The van der Waals surface area contributed by atoms with Crippen molar-refractivity contribution >= 4 is 23.2 Å².